The maximum Gasteiger partial charge on any atom is 0.328 e. The molecule has 4 amide bonds. The lowest BCUT2D eigenvalue weighted by Crippen LogP contribution is -2.49. The van der Waals surface area contributed by atoms with E-state index < -0.39 is 17.8 Å². The number of hydrogen-bond donors (Lipinski definition) is 3. The van der Waals surface area contributed by atoms with Gasteiger partial charge in [-0.3, -0.25) is 29.8 Å². The van der Waals surface area contributed by atoms with Gasteiger partial charge in [-0.25, -0.2) is 14.2 Å². The van der Waals surface area contributed by atoms with Crippen molar-refractivity contribution in [2.24, 2.45) is 5.92 Å². The molecule has 6 aromatic rings. The van der Waals surface area contributed by atoms with Crippen LogP contribution < -0.4 is 25.3 Å². The molecule has 9 rings (SSSR count). The molecule has 3 aromatic carbocycles. The van der Waals surface area contributed by atoms with Crippen LogP contribution in [0.2, 0.25) is 0 Å². The SMILES string of the molecule is Cc1c(C(C)NC(=O)c2nc(C(C)(C)C)no2)ccc(-c2n[nH]c3ncc(-c4ccc(N5CCN(CC6CCN(c7ccc(N8CCC(=O)NC8=O)cc7)CC6)CC5)cc4)cc23)c1F. The molecule has 3 fully saturated rings. The number of imide groups is 1. The summed E-state index contributed by atoms with van der Waals surface area (Å²) in [6, 6.07) is 21.3. The highest BCUT2D eigenvalue weighted by Crippen LogP contribution is 2.35. The normalized spacial score (nSPS) is 17.2. The van der Waals surface area contributed by atoms with Crippen molar-refractivity contribution < 1.29 is 23.3 Å². The third-order valence-electron chi connectivity index (χ3n) is 12.9. The molecule has 3 saturated heterocycles. The smallest absolute Gasteiger partial charge is 0.328 e. The van der Waals surface area contributed by atoms with Crippen molar-refractivity contribution in [3.63, 3.8) is 0 Å². The monoisotopic (exact) mass is 867 g/mol. The van der Waals surface area contributed by atoms with Crippen molar-refractivity contribution in [3.05, 3.63) is 102 Å². The van der Waals surface area contributed by atoms with E-state index in [1.807, 2.05) is 51.2 Å². The molecule has 6 heterocycles. The minimum absolute atomic E-state index is 0.138. The van der Waals surface area contributed by atoms with Gasteiger partial charge in [0.25, 0.3) is 0 Å². The number of benzene rings is 3. The van der Waals surface area contributed by atoms with Crippen molar-refractivity contribution in [1.82, 2.24) is 40.9 Å². The Morgan fingerprint density at radius 2 is 1.56 bits per heavy atom. The van der Waals surface area contributed by atoms with Gasteiger partial charge in [0.2, 0.25) is 5.91 Å². The van der Waals surface area contributed by atoms with Gasteiger partial charge in [-0.1, -0.05) is 44.1 Å². The molecule has 1 unspecified atom stereocenters. The first-order valence-electron chi connectivity index (χ1n) is 22.1. The molecule has 0 spiro atoms. The molecule has 3 aliphatic rings. The van der Waals surface area contributed by atoms with E-state index in [0.717, 1.165) is 75.5 Å². The number of aromatic nitrogens is 5. The molecule has 3 aliphatic heterocycles. The number of hydrogen-bond acceptors (Lipinski definition) is 11. The number of anilines is 3. The Labute approximate surface area is 371 Å². The highest BCUT2D eigenvalue weighted by molar-refractivity contribution is 6.05. The Bertz CT molecular complexity index is 2670. The standard InChI is InChI=1S/C48H54FN11O4/c1-29-37(30(2)51-44(62)45-53-46(56-64-45)48(3,4)5)14-15-38(41(29)49)42-39-26-33(27-50-43(39)55-54-42)32-6-8-34(9-7-32)59-24-22-57(23-25-59)28-31-16-19-58(20-17-31)35-10-12-36(13-11-35)60-21-18-40(61)52-47(60)63/h6-15,26-27,30-31H,16-25,28H2,1-5H3,(H,51,62)(H,50,54,55)(H,52,61,63). The summed E-state index contributed by atoms with van der Waals surface area (Å²) in [5.74, 6) is -0.225. The molecule has 3 aromatic heterocycles. The van der Waals surface area contributed by atoms with Gasteiger partial charge in [0.15, 0.2) is 11.5 Å². The Balaban J connectivity index is 0.780. The number of amides is 4. The summed E-state index contributed by atoms with van der Waals surface area (Å²) in [6.45, 7) is 16.8. The van der Waals surface area contributed by atoms with E-state index in [4.69, 9.17) is 4.52 Å². The predicted octanol–water partition coefficient (Wildman–Crippen LogP) is 7.40. The molecule has 15 nitrogen and oxygen atoms in total. The van der Waals surface area contributed by atoms with E-state index in [-0.39, 0.29) is 23.2 Å². The molecule has 332 valence electrons. The van der Waals surface area contributed by atoms with Gasteiger partial charge in [0.05, 0.1) is 6.04 Å². The molecule has 1 atom stereocenters. The Kier molecular flexibility index (Phi) is 11.6. The maximum atomic E-state index is 16.2. The zero-order chi connectivity index (χ0) is 44.7. The van der Waals surface area contributed by atoms with Crippen molar-refractivity contribution in [2.45, 2.75) is 65.3 Å². The molecular weight excluding hydrogens is 814 g/mol. The summed E-state index contributed by atoms with van der Waals surface area (Å²) in [4.78, 5) is 54.7. The van der Waals surface area contributed by atoms with Gasteiger partial charge in [-0.05, 0) is 97.8 Å². The number of aromatic amines is 1. The van der Waals surface area contributed by atoms with E-state index in [0.29, 0.717) is 58.1 Å². The highest BCUT2D eigenvalue weighted by atomic mass is 19.1. The Hall–Kier alpha value is -6.68. The number of carbonyl (C=O) groups excluding carboxylic acids is 3. The molecule has 0 radical (unpaired) electrons. The topological polar surface area (TPSA) is 169 Å². The van der Waals surface area contributed by atoms with Crippen molar-refractivity contribution in [2.75, 3.05) is 67.1 Å². The fourth-order valence-electron chi connectivity index (χ4n) is 9.02. The average molecular weight is 868 g/mol. The summed E-state index contributed by atoms with van der Waals surface area (Å²) >= 11 is 0. The van der Waals surface area contributed by atoms with Crippen LogP contribution in [0.3, 0.4) is 0 Å². The zero-order valence-electron chi connectivity index (χ0n) is 36.9. The van der Waals surface area contributed by atoms with Crippen LogP contribution in [-0.4, -0.2) is 100 Å². The zero-order valence-corrected chi connectivity index (χ0v) is 36.9. The number of piperidine rings is 1. The Morgan fingerprint density at radius 3 is 2.23 bits per heavy atom. The number of fused-ring (bicyclic) bond motifs is 1. The summed E-state index contributed by atoms with van der Waals surface area (Å²) in [5, 5.41) is 17.3. The molecule has 16 heteroatoms. The highest BCUT2D eigenvalue weighted by Gasteiger charge is 2.28. The first kappa shape index (κ1) is 42.6. The van der Waals surface area contributed by atoms with Crippen LogP contribution in [-0.2, 0) is 10.2 Å². The molecule has 64 heavy (non-hydrogen) atoms. The molecule has 0 bridgehead atoms. The van der Waals surface area contributed by atoms with Crippen LogP contribution in [0.15, 0.2) is 77.4 Å². The minimum atomic E-state index is -0.529. The lowest BCUT2D eigenvalue weighted by Gasteiger charge is -2.40. The van der Waals surface area contributed by atoms with E-state index in [2.05, 4.69) is 87.1 Å². The van der Waals surface area contributed by atoms with Crippen LogP contribution in [0.5, 0.6) is 0 Å². The lowest BCUT2D eigenvalue weighted by molar-refractivity contribution is -0.120. The third kappa shape index (κ3) is 8.78. The second kappa shape index (κ2) is 17.5. The maximum absolute atomic E-state index is 16.2. The van der Waals surface area contributed by atoms with Gasteiger partial charge >= 0.3 is 17.8 Å². The van der Waals surface area contributed by atoms with Crippen LogP contribution in [0, 0.1) is 18.7 Å². The number of rotatable bonds is 10. The van der Waals surface area contributed by atoms with Gasteiger partial charge in [-0.2, -0.15) is 10.1 Å². The van der Waals surface area contributed by atoms with Crippen molar-refractivity contribution in [3.8, 4) is 22.4 Å². The second-order valence-electron chi connectivity index (χ2n) is 18.2. The number of piperazine rings is 1. The quantitative estimate of drug-likeness (QED) is 0.126. The number of nitrogens with zero attached hydrogens (tertiary/aromatic N) is 8. The summed E-state index contributed by atoms with van der Waals surface area (Å²) < 4.78 is 21.4. The average Bonchev–Trinajstić information content (AvgIpc) is 3.97. The lowest BCUT2D eigenvalue weighted by atomic mass is 9.95. The predicted molar refractivity (Wildman–Crippen MR) is 244 cm³/mol. The van der Waals surface area contributed by atoms with Gasteiger partial charge < -0.3 is 19.6 Å². The number of carbonyl (C=O) groups is 3. The summed E-state index contributed by atoms with van der Waals surface area (Å²) in [6.07, 6.45) is 4.41. The van der Waals surface area contributed by atoms with Crippen molar-refractivity contribution in [1.29, 1.82) is 0 Å². The van der Waals surface area contributed by atoms with E-state index in [9.17, 15) is 14.4 Å². The number of halogens is 1. The number of nitrogens with one attached hydrogen (secondary N) is 3. The van der Waals surface area contributed by atoms with Crippen LogP contribution in [0.4, 0.5) is 26.2 Å². The molecule has 0 saturated carbocycles. The molecule has 3 N–H and O–H groups in total. The van der Waals surface area contributed by atoms with Gasteiger partial charge in [0, 0.05) is 104 Å². The molecular formula is C48H54FN11O4. The van der Waals surface area contributed by atoms with E-state index in [1.165, 1.54) is 11.4 Å². The van der Waals surface area contributed by atoms with Crippen LogP contribution in [0.1, 0.15) is 80.6 Å². The van der Waals surface area contributed by atoms with Gasteiger partial charge in [-0.15, -0.1) is 0 Å². The van der Waals surface area contributed by atoms with Crippen LogP contribution >= 0.6 is 0 Å². The largest absolute Gasteiger partial charge is 0.372 e. The number of pyridine rings is 1. The Morgan fingerprint density at radius 1 is 0.891 bits per heavy atom. The minimum Gasteiger partial charge on any atom is -0.372 e. The first-order chi connectivity index (χ1) is 30.8. The third-order valence-corrected chi connectivity index (χ3v) is 12.9. The number of urea groups is 1. The van der Waals surface area contributed by atoms with E-state index >= 15 is 4.39 Å². The first-order valence-corrected chi connectivity index (χ1v) is 22.1. The molecule has 0 aliphatic carbocycles. The van der Waals surface area contributed by atoms with E-state index in [1.54, 1.807) is 24.8 Å². The summed E-state index contributed by atoms with van der Waals surface area (Å²) in [5.41, 5.74) is 7.08. The number of H-pyrrole nitrogens is 1. The van der Waals surface area contributed by atoms with Gasteiger partial charge in [0.1, 0.15) is 11.5 Å². The van der Waals surface area contributed by atoms with Crippen LogP contribution in [0.25, 0.3) is 33.4 Å². The fraction of sp³-hybridized carbons (Fsp3) is 0.396. The van der Waals surface area contributed by atoms with Crippen molar-refractivity contribution >= 4 is 45.9 Å². The fourth-order valence-corrected chi connectivity index (χ4v) is 9.02. The second-order valence-corrected chi connectivity index (χ2v) is 18.2. The summed E-state index contributed by atoms with van der Waals surface area (Å²) in [7, 11) is 0.